The second-order valence-electron chi connectivity index (χ2n) is 5.51. The molecular weight excluding hydrogens is 338 g/mol. The van der Waals surface area contributed by atoms with E-state index in [1.807, 2.05) is 0 Å². The van der Waals surface area contributed by atoms with Crippen LogP contribution in [0.2, 0.25) is 0 Å². The van der Waals surface area contributed by atoms with E-state index in [0.717, 1.165) is 0 Å². The summed E-state index contributed by atoms with van der Waals surface area (Å²) in [5.41, 5.74) is 0.921. The molecule has 2 aromatic carbocycles. The summed E-state index contributed by atoms with van der Waals surface area (Å²) in [5, 5.41) is 13.1. The smallest absolute Gasteiger partial charge is 0.271 e. The van der Waals surface area contributed by atoms with Crippen molar-refractivity contribution in [2.24, 2.45) is 0 Å². The highest BCUT2D eigenvalue weighted by Gasteiger charge is 2.09. The molecule has 0 saturated carbocycles. The Kier molecular flexibility index (Phi) is 5.48. The molecule has 26 heavy (non-hydrogen) atoms. The summed E-state index contributed by atoms with van der Waals surface area (Å²) in [7, 11) is 0. The molecule has 0 spiro atoms. The Balaban J connectivity index is 1.55. The Hall–Kier alpha value is -3.35. The van der Waals surface area contributed by atoms with Gasteiger partial charge in [-0.15, -0.1) is 10.2 Å². The number of anilines is 2. The number of nitrogens with zero attached hydrogens (tertiary/aromatic N) is 2. The first-order valence-electron chi connectivity index (χ1n) is 8.00. The summed E-state index contributed by atoms with van der Waals surface area (Å²) in [6.07, 6.45) is 0.374. The van der Waals surface area contributed by atoms with E-state index in [9.17, 15) is 13.6 Å². The molecule has 0 saturated heterocycles. The standard InChI is InChI=1S/C19H16F2N4O/c20-14-6-2-1-5-13(14)11-12-22-19(26)17-9-10-18(25-24-17)23-16-8-4-3-7-15(16)21/h1-10H,11-12H2,(H,22,26)(H,23,25). The van der Waals surface area contributed by atoms with Crippen LogP contribution < -0.4 is 10.6 Å². The third kappa shape index (κ3) is 4.38. The SMILES string of the molecule is O=C(NCCc1ccccc1F)c1ccc(Nc2ccccc2F)nn1. The van der Waals surface area contributed by atoms with Gasteiger partial charge in [0.15, 0.2) is 11.5 Å². The van der Waals surface area contributed by atoms with E-state index < -0.39 is 11.7 Å². The lowest BCUT2D eigenvalue weighted by Crippen LogP contribution is -2.27. The Morgan fingerprint density at radius 3 is 2.31 bits per heavy atom. The molecule has 2 N–H and O–H groups in total. The average Bonchev–Trinajstić information content (AvgIpc) is 2.66. The van der Waals surface area contributed by atoms with E-state index >= 15 is 0 Å². The Morgan fingerprint density at radius 2 is 1.62 bits per heavy atom. The number of rotatable bonds is 6. The summed E-state index contributed by atoms with van der Waals surface area (Å²) < 4.78 is 27.1. The van der Waals surface area contributed by atoms with Gasteiger partial charge in [-0.25, -0.2) is 8.78 Å². The number of amides is 1. The summed E-state index contributed by atoms with van der Waals surface area (Å²) in [6.45, 7) is 0.274. The zero-order chi connectivity index (χ0) is 18.4. The predicted octanol–water partition coefficient (Wildman–Crippen LogP) is 3.47. The largest absolute Gasteiger partial charge is 0.350 e. The average molecular weight is 354 g/mol. The van der Waals surface area contributed by atoms with Crippen molar-refractivity contribution in [3.8, 4) is 0 Å². The van der Waals surface area contributed by atoms with Gasteiger partial charge in [0.25, 0.3) is 5.91 Å². The van der Waals surface area contributed by atoms with Gasteiger partial charge in [-0.3, -0.25) is 4.79 Å². The van der Waals surface area contributed by atoms with Crippen molar-refractivity contribution in [1.29, 1.82) is 0 Å². The molecule has 0 radical (unpaired) electrons. The maximum absolute atomic E-state index is 13.6. The maximum atomic E-state index is 13.6. The molecule has 132 valence electrons. The minimum absolute atomic E-state index is 0.123. The predicted molar refractivity (Wildman–Crippen MR) is 94.2 cm³/mol. The maximum Gasteiger partial charge on any atom is 0.271 e. The van der Waals surface area contributed by atoms with Crippen LogP contribution in [0.5, 0.6) is 0 Å². The van der Waals surface area contributed by atoms with Crippen LogP contribution in [0.4, 0.5) is 20.3 Å². The van der Waals surface area contributed by atoms with Gasteiger partial charge in [0, 0.05) is 6.54 Å². The molecular formula is C19H16F2N4O. The number of para-hydroxylation sites is 1. The number of benzene rings is 2. The molecule has 0 unspecified atom stereocenters. The number of aromatic nitrogens is 2. The van der Waals surface area contributed by atoms with Gasteiger partial charge in [0.2, 0.25) is 0 Å². The lowest BCUT2D eigenvalue weighted by atomic mass is 10.1. The van der Waals surface area contributed by atoms with Crippen molar-refractivity contribution in [3.63, 3.8) is 0 Å². The van der Waals surface area contributed by atoms with Crippen LogP contribution >= 0.6 is 0 Å². The highest BCUT2D eigenvalue weighted by molar-refractivity contribution is 5.92. The Morgan fingerprint density at radius 1 is 0.885 bits per heavy atom. The van der Waals surface area contributed by atoms with Crippen LogP contribution in [0.25, 0.3) is 0 Å². The van der Waals surface area contributed by atoms with E-state index in [1.54, 1.807) is 36.4 Å². The monoisotopic (exact) mass is 354 g/mol. The second kappa shape index (κ2) is 8.15. The molecule has 0 bridgehead atoms. The van der Waals surface area contributed by atoms with E-state index in [4.69, 9.17) is 0 Å². The van der Waals surface area contributed by atoms with Gasteiger partial charge in [0.05, 0.1) is 5.69 Å². The van der Waals surface area contributed by atoms with Crippen LogP contribution in [0.15, 0.2) is 60.7 Å². The number of carbonyl (C=O) groups excluding carboxylic acids is 1. The van der Waals surface area contributed by atoms with Crippen LogP contribution in [-0.2, 0) is 6.42 Å². The summed E-state index contributed by atoms with van der Waals surface area (Å²) in [5.74, 6) is -0.807. The summed E-state index contributed by atoms with van der Waals surface area (Å²) in [6, 6.07) is 15.6. The summed E-state index contributed by atoms with van der Waals surface area (Å²) >= 11 is 0. The van der Waals surface area contributed by atoms with E-state index in [-0.39, 0.29) is 23.7 Å². The lowest BCUT2D eigenvalue weighted by Gasteiger charge is -2.07. The number of carbonyl (C=O) groups is 1. The molecule has 7 heteroatoms. The summed E-state index contributed by atoms with van der Waals surface area (Å²) in [4.78, 5) is 12.1. The minimum Gasteiger partial charge on any atom is -0.350 e. The first-order chi connectivity index (χ1) is 12.6. The molecule has 0 aliphatic carbocycles. The van der Waals surface area contributed by atoms with Gasteiger partial charge in [0.1, 0.15) is 11.6 Å². The van der Waals surface area contributed by atoms with Gasteiger partial charge >= 0.3 is 0 Å². The number of nitrogens with one attached hydrogen (secondary N) is 2. The molecule has 3 aromatic rings. The minimum atomic E-state index is -0.413. The number of hydrogen-bond acceptors (Lipinski definition) is 4. The Labute approximate surface area is 149 Å². The second-order valence-corrected chi connectivity index (χ2v) is 5.51. The van der Waals surface area contributed by atoms with Gasteiger partial charge in [-0.1, -0.05) is 30.3 Å². The zero-order valence-electron chi connectivity index (χ0n) is 13.7. The van der Waals surface area contributed by atoms with E-state index in [0.29, 0.717) is 17.8 Å². The fourth-order valence-corrected chi connectivity index (χ4v) is 2.32. The van der Waals surface area contributed by atoms with Gasteiger partial charge in [-0.05, 0) is 42.3 Å². The van der Waals surface area contributed by atoms with Crippen LogP contribution in [0.1, 0.15) is 16.1 Å². The molecule has 0 atom stereocenters. The molecule has 0 aliphatic rings. The quantitative estimate of drug-likeness (QED) is 0.711. The third-order valence-electron chi connectivity index (χ3n) is 3.67. The normalized spacial score (nSPS) is 10.4. The van der Waals surface area contributed by atoms with E-state index in [2.05, 4.69) is 20.8 Å². The van der Waals surface area contributed by atoms with Crippen LogP contribution in [-0.4, -0.2) is 22.6 Å². The fraction of sp³-hybridized carbons (Fsp3) is 0.105. The lowest BCUT2D eigenvalue weighted by molar-refractivity contribution is 0.0948. The van der Waals surface area contributed by atoms with Crippen molar-refractivity contribution in [3.05, 3.63) is 83.6 Å². The van der Waals surface area contributed by atoms with Crippen molar-refractivity contribution < 1.29 is 13.6 Å². The molecule has 1 heterocycles. The molecule has 5 nitrogen and oxygen atoms in total. The Bertz CT molecular complexity index is 900. The molecule has 0 aliphatic heterocycles. The number of halogens is 2. The van der Waals surface area contributed by atoms with E-state index in [1.165, 1.54) is 24.3 Å². The van der Waals surface area contributed by atoms with Crippen molar-refractivity contribution in [2.75, 3.05) is 11.9 Å². The third-order valence-corrected chi connectivity index (χ3v) is 3.67. The highest BCUT2D eigenvalue weighted by Crippen LogP contribution is 2.17. The molecule has 1 aromatic heterocycles. The first kappa shape index (κ1) is 17.5. The fourth-order valence-electron chi connectivity index (χ4n) is 2.32. The van der Waals surface area contributed by atoms with Crippen LogP contribution in [0.3, 0.4) is 0 Å². The topological polar surface area (TPSA) is 66.9 Å². The molecule has 0 fully saturated rings. The molecule has 3 rings (SSSR count). The van der Waals surface area contributed by atoms with Gasteiger partial charge < -0.3 is 10.6 Å². The van der Waals surface area contributed by atoms with Gasteiger partial charge in [-0.2, -0.15) is 0 Å². The molecule has 1 amide bonds. The first-order valence-corrected chi connectivity index (χ1v) is 8.00. The highest BCUT2D eigenvalue weighted by atomic mass is 19.1. The van der Waals surface area contributed by atoms with Crippen molar-refractivity contribution in [2.45, 2.75) is 6.42 Å². The zero-order valence-corrected chi connectivity index (χ0v) is 13.7. The van der Waals surface area contributed by atoms with Crippen molar-refractivity contribution >= 4 is 17.4 Å². The van der Waals surface area contributed by atoms with Crippen LogP contribution in [0, 0.1) is 11.6 Å². The van der Waals surface area contributed by atoms with Crippen molar-refractivity contribution in [1.82, 2.24) is 15.5 Å². The number of hydrogen-bond donors (Lipinski definition) is 2.